The van der Waals surface area contributed by atoms with Crippen molar-refractivity contribution in [2.24, 2.45) is 0 Å². The number of phenols is 1. The first-order valence-corrected chi connectivity index (χ1v) is 12.2. The molecular formula is C27H27Cl2NO6. The Morgan fingerprint density at radius 3 is 2.47 bits per heavy atom. The van der Waals surface area contributed by atoms with Gasteiger partial charge in [0, 0.05) is 41.4 Å². The third-order valence-electron chi connectivity index (χ3n) is 6.51. The zero-order chi connectivity index (χ0) is 26.0. The summed E-state index contributed by atoms with van der Waals surface area (Å²) in [6.07, 6.45) is 0.845. The number of carbonyl (C=O) groups excluding carboxylic acids is 2. The van der Waals surface area contributed by atoms with Crippen molar-refractivity contribution in [3.8, 4) is 11.5 Å². The van der Waals surface area contributed by atoms with Gasteiger partial charge in [0.2, 0.25) is 0 Å². The topological polar surface area (TPSA) is 94.1 Å². The normalized spacial score (nSPS) is 19.6. The van der Waals surface area contributed by atoms with Gasteiger partial charge in [0.25, 0.3) is 0 Å². The van der Waals surface area contributed by atoms with E-state index < -0.39 is 11.9 Å². The lowest BCUT2D eigenvalue weighted by Crippen LogP contribution is -2.36. The van der Waals surface area contributed by atoms with E-state index in [0.717, 1.165) is 11.3 Å². The van der Waals surface area contributed by atoms with Crippen LogP contribution in [0.1, 0.15) is 42.7 Å². The predicted octanol–water partition coefficient (Wildman–Crippen LogP) is 5.26. The lowest BCUT2D eigenvalue weighted by Gasteiger charge is -2.37. The van der Waals surface area contributed by atoms with Gasteiger partial charge in [-0.1, -0.05) is 35.3 Å². The number of nitrogens with one attached hydrogen (secondary N) is 1. The number of benzene rings is 2. The van der Waals surface area contributed by atoms with E-state index in [1.54, 1.807) is 19.1 Å². The number of hydrogen-bond acceptors (Lipinski definition) is 7. The van der Waals surface area contributed by atoms with Gasteiger partial charge in [0.1, 0.15) is 6.61 Å². The maximum absolute atomic E-state index is 13.7. The molecule has 0 radical (unpaired) electrons. The van der Waals surface area contributed by atoms with Crippen LogP contribution in [0.15, 0.2) is 58.9 Å². The molecule has 7 nitrogen and oxygen atoms in total. The van der Waals surface area contributed by atoms with Crippen molar-refractivity contribution in [1.82, 2.24) is 5.32 Å². The molecule has 1 aliphatic heterocycles. The molecule has 190 valence electrons. The van der Waals surface area contributed by atoms with Crippen LogP contribution in [0.5, 0.6) is 11.5 Å². The van der Waals surface area contributed by atoms with Gasteiger partial charge in [0.05, 0.1) is 24.3 Å². The highest BCUT2D eigenvalue weighted by atomic mass is 35.5. The second-order valence-corrected chi connectivity index (χ2v) is 9.59. The molecule has 2 unspecified atom stereocenters. The number of halogens is 2. The van der Waals surface area contributed by atoms with Gasteiger partial charge < -0.3 is 24.6 Å². The van der Waals surface area contributed by atoms with Crippen molar-refractivity contribution in [3.05, 3.63) is 80.1 Å². The molecule has 36 heavy (non-hydrogen) atoms. The summed E-state index contributed by atoms with van der Waals surface area (Å²) in [7, 11) is 2.93. The van der Waals surface area contributed by atoms with Crippen LogP contribution in [0.2, 0.25) is 10.0 Å². The third kappa shape index (κ3) is 5.09. The summed E-state index contributed by atoms with van der Waals surface area (Å²) in [6.45, 7) is 2.08. The van der Waals surface area contributed by atoms with Crippen molar-refractivity contribution >= 4 is 35.0 Å². The molecule has 9 heteroatoms. The summed E-state index contributed by atoms with van der Waals surface area (Å²) >= 11 is 12.4. The van der Waals surface area contributed by atoms with Crippen LogP contribution in [-0.4, -0.2) is 44.3 Å². The Balaban J connectivity index is 1.81. The number of ether oxygens (including phenoxy) is 3. The van der Waals surface area contributed by atoms with Gasteiger partial charge in [-0.3, -0.25) is 4.79 Å². The van der Waals surface area contributed by atoms with Crippen molar-refractivity contribution in [2.75, 3.05) is 27.4 Å². The van der Waals surface area contributed by atoms with E-state index in [9.17, 15) is 14.7 Å². The molecule has 2 atom stereocenters. The van der Waals surface area contributed by atoms with E-state index in [2.05, 4.69) is 5.32 Å². The van der Waals surface area contributed by atoms with Crippen molar-refractivity contribution in [1.29, 1.82) is 0 Å². The fourth-order valence-corrected chi connectivity index (χ4v) is 5.17. The highest BCUT2D eigenvalue weighted by Crippen LogP contribution is 2.48. The number of methoxy groups -OCH3 is 2. The number of phenolic OH excluding ortho intramolecular Hbond substituents is 1. The zero-order valence-corrected chi connectivity index (χ0v) is 21.7. The monoisotopic (exact) mass is 531 g/mol. The average molecular weight is 532 g/mol. The molecule has 1 aliphatic carbocycles. The van der Waals surface area contributed by atoms with Crippen LogP contribution in [0.25, 0.3) is 0 Å². The minimum absolute atomic E-state index is 0.0392. The van der Waals surface area contributed by atoms with E-state index in [-0.39, 0.29) is 47.9 Å². The average Bonchev–Trinajstić information content (AvgIpc) is 2.85. The second-order valence-electron chi connectivity index (χ2n) is 8.75. The Morgan fingerprint density at radius 1 is 1.08 bits per heavy atom. The highest BCUT2D eigenvalue weighted by Gasteiger charge is 2.42. The molecule has 1 heterocycles. The molecule has 2 aliphatic rings. The number of rotatable bonds is 7. The molecule has 4 rings (SSSR count). The number of hydrogen-bond donors (Lipinski definition) is 2. The number of carbonyl (C=O) groups is 2. The molecule has 0 amide bonds. The van der Waals surface area contributed by atoms with Gasteiger partial charge in [0.15, 0.2) is 17.3 Å². The lowest BCUT2D eigenvalue weighted by atomic mass is 9.71. The Labute approximate surface area is 219 Å². The summed E-state index contributed by atoms with van der Waals surface area (Å²) in [4.78, 5) is 26.9. The van der Waals surface area contributed by atoms with E-state index >= 15 is 0 Å². The Bertz CT molecular complexity index is 1250. The molecule has 2 aromatic carbocycles. The quantitative estimate of drug-likeness (QED) is 0.371. The molecule has 0 saturated heterocycles. The van der Waals surface area contributed by atoms with E-state index in [4.69, 9.17) is 37.4 Å². The summed E-state index contributed by atoms with van der Waals surface area (Å²) in [6, 6.07) is 10.6. The van der Waals surface area contributed by atoms with Crippen LogP contribution in [0.4, 0.5) is 0 Å². The Hall–Kier alpha value is -3.00. The number of dihydropyridines is 1. The van der Waals surface area contributed by atoms with Crippen LogP contribution < -0.4 is 10.1 Å². The smallest absolute Gasteiger partial charge is 0.336 e. The van der Waals surface area contributed by atoms with Crippen molar-refractivity contribution < 1.29 is 28.9 Å². The molecular weight excluding hydrogens is 505 g/mol. The number of Topliss-reactive ketones (excluding diaryl/α,β-unsaturated/α-hetero) is 1. The summed E-state index contributed by atoms with van der Waals surface area (Å²) in [5.74, 6) is -1.51. The van der Waals surface area contributed by atoms with Crippen LogP contribution in [-0.2, 0) is 19.1 Å². The summed E-state index contributed by atoms with van der Waals surface area (Å²) in [5.41, 5.74) is 3.65. The van der Waals surface area contributed by atoms with Crippen molar-refractivity contribution in [2.45, 2.75) is 31.6 Å². The van der Waals surface area contributed by atoms with Gasteiger partial charge in [-0.15, -0.1) is 0 Å². The first-order chi connectivity index (χ1) is 17.2. The number of esters is 1. The highest BCUT2D eigenvalue weighted by molar-refractivity contribution is 6.32. The largest absolute Gasteiger partial charge is 0.503 e. The van der Waals surface area contributed by atoms with Crippen LogP contribution in [0, 0.1) is 0 Å². The van der Waals surface area contributed by atoms with Gasteiger partial charge in [-0.2, -0.15) is 0 Å². The summed E-state index contributed by atoms with van der Waals surface area (Å²) in [5, 5.41) is 14.3. The van der Waals surface area contributed by atoms with E-state index in [1.807, 2.05) is 24.3 Å². The SMILES string of the molecule is COCCOC(=O)C1=C(C)NC2=C(C(=O)CC(c3ccc(Cl)cc3)C2)C1c1cc(Cl)c(O)c(OC)c1. The maximum atomic E-state index is 13.7. The predicted molar refractivity (Wildman–Crippen MR) is 137 cm³/mol. The first-order valence-electron chi connectivity index (χ1n) is 11.5. The minimum atomic E-state index is -0.748. The van der Waals surface area contributed by atoms with Crippen molar-refractivity contribution in [3.63, 3.8) is 0 Å². The van der Waals surface area contributed by atoms with Gasteiger partial charge >= 0.3 is 5.97 Å². The second kappa shape index (κ2) is 10.9. The minimum Gasteiger partial charge on any atom is -0.503 e. The fraction of sp³-hybridized carbons (Fsp3) is 0.333. The number of allylic oxidation sites excluding steroid dienone is 3. The summed E-state index contributed by atoms with van der Waals surface area (Å²) < 4.78 is 15.7. The number of aromatic hydroxyl groups is 1. The Morgan fingerprint density at radius 2 is 1.81 bits per heavy atom. The van der Waals surface area contributed by atoms with Crippen LogP contribution >= 0.6 is 23.2 Å². The molecule has 2 N–H and O–H groups in total. The van der Waals surface area contributed by atoms with Gasteiger partial charge in [-0.05, 0) is 54.7 Å². The van der Waals surface area contributed by atoms with E-state index in [1.165, 1.54) is 14.2 Å². The number of ketones is 1. The fourth-order valence-electron chi connectivity index (χ4n) is 4.83. The molecule has 0 aromatic heterocycles. The molecule has 0 fully saturated rings. The molecule has 0 saturated carbocycles. The standard InChI is InChI=1S/C27H27Cl2NO6/c1-14-23(27(33)36-9-8-34-2)24(17-10-19(29)26(32)22(13-17)35-3)25-20(30-14)11-16(12-21(25)31)15-4-6-18(28)7-5-15/h4-7,10,13,16,24,30,32H,8-9,11-12H2,1-3H3. The maximum Gasteiger partial charge on any atom is 0.336 e. The van der Waals surface area contributed by atoms with Crippen LogP contribution in [0.3, 0.4) is 0 Å². The molecule has 2 aromatic rings. The first kappa shape index (κ1) is 26.1. The van der Waals surface area contributed by atoms with E-state index in [0.29, 0.717) is 33.9 Å². The third-order valence-corrected chi connectivity index (χ3v) is 7.05. The molecule has 0 spiro atoms. The molecule has 0 bridgehead atoms. The lowest BCUT2D eigenvalue weighted by molar-refractivity contribution is -0.140. The van der Waals surface area contributed by atoms with Gasteiger partial charge in [-0.25, -0.2) is 4.79 Å². The zero-order valence-electron chi connectivity index (χ0n) is 20.2. The Kier molecular flexibility index (Phi) is 7.93.